The Labute approximate surface area is 178 Å². The second-order valence-electron chi connectivity index (χ2n) is 7.70. The number of anilines is 1. The molecular weight excluding hydrogens is 380 g/mol. The summed E-state index contributed by atoms with van der Waals surface area (Å²) in [5.74, 6) is 2.11. The Morgan fingerprint density at radius 3 is 2.70 bits per heavy atom. The third-order valence-electron chi connectivity index (χ3n) is 5.72. The lowest BCUT2D eigenvalue weighted by Crippen LogP contribution is -2.33. The van der Waals surface area contributed by atoms with Crippen LogP contribution < -0.4 is 19.1 Å². The number of methoxy groups -OCH3 is 1. The lowest BCUT2D eigenvalue weighted by Gasteiger charge is -2.30. The number of ether oxygens (including phenoxy) is 3. The third-order valence-corrected chi connectivity index (χ3v) is 5.72. The van der Waals surface area contributed by atoms with E-state index in [0.717, 1.165) is 42.3 Å². The van der Waals surface area contributed by atoms with E-state index in [1.54, 1.807) is 13.2 Å². The number of benzene rings is 2. The zero-order valence-corrected chi connectivity index (χ0v) is 17.7. The molecule has 2 aliphatic heterocycles. The molecule has 0 saturated carbocycles. The molecule has 1 atom stereocenters. The number of nitrogens with zero attached hydrogens (tertiary/aromatic N) is 2. The summed E-state index contributed by atoms with van der Waals surface area (Å²) >= 11 is 0. The Bertz CT molecular complexity index is 893. The van der Waals surface area contributed by atoms with Crippen LogP contribution in [0.5, 0.6) is 17.2 Å². The molecule has 6 heteroatoms. The van der Waals surface area contributed by atoms with Crippen LogP contribution in [0.25, 0.3) is 5.70 Å². The number of rotatable bonds is 7. The topological polar surface area (TPSA) is 54.4 Å². The van der Waals surface area contributed by atoms with Gasteiger partial charge in [-0.25, -0.2) is 0 Å². The minimum absolute atomic E-state index is 0.627. The van der Waals surface area contributed by atoms with Crippen molar-refractivity contribution in [3.8, 4) is 17.2 Å². The van der Waals surface area contributed by atoms with E-state index in [2.05, 4.69) is 4.90 Å². The predicted molar refractivity (Wildman–Crippen MR) is 118 cm³/mol. The van der Waals surface area contributed by atoms with Gasteiger partial charge in [-0.05, 0) is 50.2 Å². The molecule has 1 N–H and O–H groups in total. The van der Waals surface area contributed by atoms with Gasteiger partial charge >= 0.3 is 0 Å². The van der Waals surface area contributed by atoms with Gasteiger partial charge in [-0.15, -0.1) is 0 Å². The van der Waals surface area contributed by atoms with Gasteiger partial charge in [0, 0.05) is 37.0 Å². The summed E-state index contributed by atoms with van der Waals surface area (Å²) in [6.07, 6.45) is 4.61. The first-order valence-corrected chi connectivity index (χ1v) is 10.6. The second kappa shape index (κ2) is 9.41. The van der Waals surface area contributed by atoms with Crippen molar-refractivity contribution in [2.24, 2.45) is 0 Å². The van der Waals surface area contributed by atoms with Crippen LogP contribution in [0, 0.1) is 0 Å². The monoisotopic (exact) mass is 410 g/mol. The highest BCUT2D eigenvalue weighted by Gasteiger charge is 2.22. The largest absolute Gasteiger partial charge is 0.493 e. The Hall–Kier alpha value is -2.70. The molecule has 2 aliphatic rings. The van der Waals surface area contributed by atoms with Gasteiger partial charge in [0.2, 0.25) is 6.29 Å². The van der Waals surface area contributed by atoms with Gasteiger partial charge < -0.3 is 24.2 Å². The first-order chi connectivity index (χ1) is 14.7. The van der Waals surface area contributed by atoms with Gasteiger partial charge in [0.15, 0.2) is 11.5 Å². The third kappa shape index (κ3) is 4.55. The molecular formula is C24H30N2O4. The number of para-hydroxylation sites is 1. The summed E-state index contributed by atoms with van der Waals surface area (Å²) < 4.78 is 17.1. The van der Waals surface area contributed by atoms with Crippen molar-refractivity contribution < 1.29 is 19.3 Å². The van der Waals surface area contributed by atoms with Gasteiger partial charge in [0.1, 0.15) is 12.4 Å². The van der Waals surface area contributed by atoms with Crippen LogP contribution in [0.1, 0.15) is 24.8 Å². The number of hydrogen-bond acceptors (Lipinski definition) is 6. The molecule has 0 radical (unpaired) electrons. The van der Waals surface area contributed by atoms with Gasteiger partial charge in [-0.1, -0.05) is 18.6 Å². The van der Waals surface area contributed by atoms with E-state index in [1.807, 2.05) is 54.4 Å². The number of aliphatic hydroxyl groups excluding tert-OH is 1. The van der Waals surface area contributed by atoms with E-state index >= 15 is 0 Å². The van der Waals surface area contributed by atoms with Crippen LogP contribution in [0.2, 0.25) is 0 Å². The molecule has 160 valence electrons. The molecule has 1 unspecified atom stereocenters. The van der Waals surface area contributed by atoms with Crippen molar-refractivity contribution in [1.29, 1.82) is 0 Å². The fourth-order valence-electron chi connectivity index (χ4n) is 4.06. The van der Waals surface area contributed by atoms with Crippen molar-refractivity contribution >= 4 is 11.4 Å². The minimum atomic E-state index is -0.976. The smallest absolute Gasteiger partial charge is 0.219 e. The van der Waals surface area contributed by atoms with Crippen LogP contribution in [-0.2, 0) is 0 Å². The maximum absolute atomic E-state index is 10.1. The Morgan fingerprint density at radius 2 is 1.90 bits per heavy atom. The van der Waals surface area contributed by atoms with Gasteiger partial charge in [0.25, 0.3) is 0 Å². The molecule has 4 rings (SSSR count). The molecule has 1 saturated heterocycles. The Kier molecular flexibility index (Phi) is 6.45. The highest BCUT2D eigenvalue weighted by atomic mass is 16.6. The van der Waals surface area contributed by atoms with Gasteiger partial charge in [0.05, 0.1) is 12.8 Å². The number of likely N-dealkylation sites (tertiary alicyclic amines) is 1. The molecule has 0 spiro atoms. The number of fused-ring (bicyclic) bond motifs is 1. The van der Waals surface area contributed by atoms with Crippen molar-refractivity contribution in [3.63, 3.8) is 0 Å². The van der Waals surface area contributed by atoms with E-state index in [4.69, 9.17) is 14.2 Å². The van der Waals surface area contributed by atoms with E-state index in [0.29, 0.717) is 18.1 Å². The quantitative estimate of drug-likeness (QED) is 0.750. The Balaban J connectivity index is 1.51. The summed E-state index contributed by atoms with van der Waals surface area (Å²) in [7, 11) is 3.63. The number of hydrogen-bond donors (Lipinski definition) is 1. The molecule has 2 aromatic rings. The SMILES string of the molecule is COc1ccc(N(C)C2=CC(O)Oc3ccccc32)cc1OCCN1CCCCC1. The molecule has 0 bridgehead atoms. The van der Waals surface area contributed by atoms with Crippen molar-refractivity contribution in [2.45, 2.75) is 25.6 Å². The molecule has 1 fully saturated rings. The summed E-state index contributed by atoms with van der Waals surface area (Å²) in [4.78, 5) is 4.48. The molecule has 2 aromatic carbocycles. The van der Waals surface area contributed by atoms with Crippen LogP contribution in [0.15, 0.2) is 48.5 Å². The first kappa shape index (κ1) is 20.6. The lowest BCUT2D eigenvalue weighted by atomic mass is 10.1. The van der Waals surface area contributed by atoms with Crippen molar-refractivity contribution in [1.82, 2.24) is 4.90 Å². The first-order valence-electron chi connectivity index (χ1n) is 10.6. The lowest BCUT2D eigenvalue weighted by molar-refractivity contribution is 0.0224. The zero-order valence-electron chi connectivity index (χ0n) is 17.7. The summed E-state index contributed by atoms with van der Waals surface area (Å²) in [5.41, 5.74) is 2.77. The highest BCUT2D eigenvalue weighted by Crippen LogP contribution is 2.38. The van der Waals surface area contributed by atoms with E-state index < -0.39 is 6.29 Å². The minimum Gasteiger partial charge on any atom is -0.493 e. The van der Waals surface area contributed by atoms with Crippen LogP contribution >= 0.6 is 0 Å². The molecule has 30 heavy (non-hydrogen) atoms. The fraction of sp³-hybridized carbons (Fsp3) is 0.417. The fourth-order valence-corrected chi connectivity index (χ4v) is 4.06. The molecule has 6 nitrogen and oxygen atoms in total. The summed E-state index contributed by atoms with van der Waals surface area (Å²) in [5, 5.41) is 10.1. The van der Waals surface area contributed by atoms with E-state index in [1.165, 1.54) is 19.3 Å². The van der Waals surface area contributed by atoms with Crippen LogP contribution in [0.4, 0.5) is 5.69 Å². The number of piperidine rings is 1. The standard InChI is InChI=1S/C24H30N2O4/c1-25(20-17-24(27)30-21-9-5-4-8-19(20)21)18-10-11-22(28-2)23(16-18)29-15-14-26-12-6-3-7-13-26/h4-5,8-11,16-17,24,27H,3,6-7,12-15H2,1-2H3. The average Bonchev–Trinajstić information content (AvgIpc) is 2.78. The second-order valence-corrected chi connectivity index (χ2v) is 7.70. The van der Waals surface area contributed by atoms with Gasteiger partial charge in [-0.3, -0.25) is 4.90 Å². The number of aliphatic hydroxyl groups is 1. The Morgan fingerprint density at radius 1 is 1.10 bits per heavy atom. The van der Waals surface area contributed by atoms with Crippen molar-refractivity contribution in [3.05, 3.63) is 54.1 Å². The zero-order chi connectivity index (χ0) is 20.9. The predicted octanol–water partition coefficient (Wildman–Crippen LogP) is 3.75. The molecule has 0 amide bonds. The van der Waals surface area contributed by atoms with Crippen molar-refractivity contribution in [2.75, 3.05) is 45.3 Å². The summed E-state index contributed by atoms with van der Waals surface area (Å²) in [6.45, 7) is 3.86. The van der Waals surface area contributed by atoms with Crippen LogP contribution in [0.3, 0.4) is 0 Å². The maximum atomic E-state index is 10.1. The molecule has 0 aliphatic carbocycles. The maximum Gasteiger partial charge on any atom is 0.219 e. The molecule has 0 aromatic heterocycles. The average molecular weight is 411 g/mol. The van der Waals surface area contributed by atoms with Crippen LogP contribution in [-0.4, -0.2) is 56.7 Å². The van der Waals surface area contributed by atoms with E-state index in [9.17, 15) is 5.11 Å². The van der Waals surface area contributed by atoms with Gasteiger partial charge in [-0.2, -0.15) is 0 Å². The van der Waals surface area contributed by atoms with E-state index in [-0.39, 0.29) is 0 Å². The normalized spacial score (nSPS) is 18.8. The summed E-state index contributed by atoms with van der Waals surface area (Å²) in [6, 6.07) is 13.6. The highest BCUT2D eigenvalue weighted by molar-refractivity contribution is 5.83. The molecule has 2 heterocycles.